The van der Waals surface area contributed by atoms with Gasteiger partial charge in [0.15, 0.2) is 0 Å². The maximum Gasteiger partial charge on any atom is 0.0822 e. The number of nitrogens with two attached hydrogens (primary N) is 1. The summed E-state index contributed by atoms with van der Waals surface area (Å²) in [6, 6.07) is -0.0491. The van der Waals surface area contributed by atoms with Crippen molar-refractivity contribution in [3.8, 4) is 0 Å². The SMILES string of the molecule is CC(C)CCC(N)C1(O)CCNCC1. The van der Waals surface area contributed by atoms with Gasteiger partial charge in [0.05, 0.1) is 5.60 Å². The van der Waals surface area contributed by atoms with Crippen molar-refractivity contribution in [2.24, 2.45) is 11.7 Å². The second-order valence-corrected chi connectivity index (χ2v) is 4.93. The van der Waals surface area contributed by atoms with Gasteiger partial charge in [-0.05, 0) is 44.7 Å². The second kappa shape index (κ2) is 5.10. The lowest BCUT2D eigenvalue weighted by Crippen LogP contribution is -2.54. The topological polar surface area (TPSA) is 58.3 Å². The molecule has 3 nitrogen and oxygen atoms in total. The Hall–Kier alpha value is -0.120. The molecule has 1 saturated heterocycles. The first-order chi connectivity index (χ1) is 6.54. The quantitative estimate of drug-likeness (QED) is 0.631. The molecule has 0 bridgehead atoms. The zero-order valence-electron chi connectivity index (χ0n) is 9.42. The highest BCUT2D eigenvalue weighted by molar-refractivity contribution is 4.93. The van der Waals surface area contributed by atoms with Crippen LogP contribution in [0.25, 0.3) is 0 Å². The van der Waals surface area contributed by atoms with E-state index in [9.17, 15) is 5.11 Å². The van der Waals surface area contributed by atoms with E-state index in [-0.39, 0.29) is 6.04 Å². The first kappa shape index (κ1) is 12.0. The van der Waals surface area contributed by atoms with Crippen LogP contribution in [0.4, 0.5) is 0 Å². The van der Waals surface area contributed by atoms with E-state index >= 15 is 0 Å². The minimum Gasteiger partial charge on any atom is -0.388 e. The molecule has 4 N–H and O–H groups in total. The number of piperidine rings is 1. The molecule has 1 heterocycles. The minimum absolute atomic E-state index is 0.0491. The molecule has 1 aliphatic heterocycles. The molecule has 0 spiro atoms. The molecule has 1 atom stereocenters. The Morgan fingerprint density at radius 3 is 2.36 bits per heavy atom. The van der Waals surface area contributed by atoms with Gasteiger partial charge >= 0.3 is 0 Å². The minimum atomic E-state index is -0.611. The third-order valence-electron chi connectivity index (χ3n) is 3.21. The van der Waals surface area contributed by atoms with E-state index in [4.69, 9.17) is 5.73 Å². The number of aliphatic hydroxyl groups is 1. The van der Waals surface area contributed by atoms with Gasteiger partial charge < -0.3 is 16.2 Å². The van der Waals surface area contributed by atoms with Gasteiger partial charge in [0.2, 0.25) is 0 Å². The van der Waals surface area contributed by atoms with Crippen molar-refractivity contribution in [3.05, 3.63) is 0 Å². The zero-order valence-corrected chi connectivity index (χ0v) is 9.42. The van der Waals surface area contributed by atoms with E-state index in [0.29, 0.717) is 5.92 Å². The predicted molar refractivity (Wildman–Crippen MR) is 59.1 cm³/mol. The van der Waals surface area contributed by atoms with E-state index in [1.165, 1.54) is 0 Å². The molecule has 0 aromatic heterocycles. The molecule has 84 valence electrons. The van der Waals surface area contributed by atoms with Gasteiger partial charge in [-0.3, -0.25) is 0 Å². The average Bonchev–Trinajstić information content (AvgIpc) is 2.15. The van der Waals surface area contributed by atoms with E-state index in [1.54, 1.807) is 0 Å². The highest BCUT2D eigenvalue weighted by atomic mass is 16.3. The zero-order chi connectivity index (χ0) is 10.6. The number of nitrogens with one attached hydrogen (secondary N) is 1. The maximum absolute atomic E-state index is 10.3. The summed E-state index contributed by atoms with van der Waals surface area (Å²) in [5.74, 6) is 0.673. The molecule has 14 heavy (non-hydrogen) atoms. The lowest BCUT2D eigenvalue weighted by atomic mass is 9.82. The normalized spacial score (nSPS) is 23.8. The Morgan fingerprint density at radius 1 is 1.29 bits per heavy atom. The molecule has 0 aliphatic carbocycles. The summed E-state index contributed by atoms with van der Waals surface area (Å²) in [5, 5.41) is 13.5. The van der Waals surface area contributed by atoms with Gasteiger partial charge in [0.25, 0.3) is 0 Å². The Labute approximate surface area is 87.1 Å². The van der Waals surface area contributed by atoms with Crippen LogP contribution in [0.2, 0.25) is 0 Å². The smallest absolute Gasteiger partial charge is 0.0822 e. The van der Waals surface area contributed by atoms with Crippen molar-refractivity contribution in [2.75, 3.05) is 13.1 Å². The molecule has 1 rings (SSSR count). The van der Waals surface area contributed by atoms with Crippen LogP contribution >= 0.6 is 0 Å². The number of rotatable bonds is 4. The van der Waals surface area contributed by atoms with Crippen LogP contribution in [-0.4, -0.2) is 29.8 Å². The Bertz CT molecular complexity index is 165. The average molecular weight is 200 g/mol. The highest BCUT2D eigenvalue weighted by Crippen LogP contribution is 2.24. The van der Waals surface area contributed by atoms with Crippen molar-refractivity contribution in [3.63, 3.8) is 0 Å². The van der Waals surface area contributed by atoms with Crippen molar-refractivity contribution < 1.29 is 5.11 Å². The van der Waals surface area contributed by atoms with Crippen molar-refractivity contribution in [2.45, 2.75) is 51.2 Å². The first-order valence-corrected chi connectivity index (χ1v) is 5.73. The summed E-state index contributed by atoms with van der Waals surface area (Å²) < 4.78 is 0. The van der Waals surface area contributed by atoms with Crippen LogP contribution < -0.4 is 11.1 Å². The molecule has 1 aliphatic rings. The fourth-order valence-electron chi connectivity index (χ4n) is 2.01. The van der Waals surface area contributed by atoms with Gasteiger partial charge in [-0.25, -0.2) is 0 Å². The Morgan fingerprint density at radius 2 is 1.86 bits per heavy atom. The monoisotopic (exact) mass is 200 g/mol. The first-order valence-electron chi connectivity index (χ1n) is 5.73. The van der Waals surface area contributed by atoms with E-state index in [1.807, 2.05) is 0 Å². The fraction of sp³-hybridized carbons (Fsp3) is 1.00. The van der Waals surface area contributed by atoms with Crippen molar-refractivity contribution in [1.29, 1.82) is 0 Å². The van der Waals surface area contributed by atoms with Gasteiger partial charge in [-0.15, -0.1) is 0 Å². The van der Waals surface area contributed by atoms with Gasteiger partial charge in [-0.2, -0.15) is 0 Å². The summed E-state index contributed by atoms with van der Waals surface area (Å²) in [5.41, 5.74) is 5.44. The van der Waals surface area contributed by atoms with Gasteiger partial charge in [-0.1, -0.05) is 13.8 Å². The highest BCUT2D eigenvalue weighted by Gasteiger charge is 2.35. The molecule has 1 fully saturated rings. The summed E-state index contributed by atoms with van der Waals surface area (Å²) in [6.45, 7) is 6.18. The molecule has 1 unspecified atom stereocenters. The van der Waals surface area contributed by atoms with E-state index < -0.39 is 5.60 Å². The second-order valence-electron chi connectivity index (χ2n) is 4.93. The summed E-state index contributed by atoms with van der Waals surface area (Å²) in [4.78, 5) is 0. The van der Waals surface area contributed by atoms with Crippen LogP contribution in [0.5, 0.6) is 0 Å². The molecule has 0 radical (unpaired) electrons. The molecule has 0 amide bonds. The molecule has 3 heteroatoms. The van der Waals surface area contributed by atoms with Gasteiger partial charge in [0, 0.05) is 6.04 Å². The Kier molecular flexibility index (Phi) is 4.35. The molecule has 0 aromatic carbocycles. The third-order valence-corrected chi connectivity index (χ3v) is 3.21. The van der Waals surface area contributed by atoms with Crippen LogP contribution in [0.15, 0.2) is 0 Å². The lowest BCUT2D eigenvalue weighted by Gasteiger charge is -2.37. The van der Waals surface area contributed by atoms with E-state index in [0.717, 1.165) is 38.8 Å². The van der Waals surface area contributed by atoms with Crippen molar-refractivity contribution in [1.82, 2.24) is 5.32 Å². The maximum atomic E-state index is 10.3. The predicted octanol–water partition coefficient (Wildman–Crippen LogP) is 0.864. The van der Waals surface area contributed by atoms with Crippen molar-refractivity contribution >= 4 is 0 Å². The van der Waals surface area contributed by atoms with Crippen LogP contribution in [0, 0.1) is 5.92 Å². The van der Waals surface area contributed by atoms with E-state index in [2.05, 4.69) is 19.2 Å². The molecular weight excluding hydrogens is 176 g/mol. The van der Waals surface area contributed by atoms with Crippen LogP contribution in [0.3, 0.4) is 0 Å². The third kappa shape index (κ3) is 3.23. The molecular formula is C11H24N2O. The summed E-state index contributed by atoms with van der Waals surface area (Å²) >= 11 is 0. The summed E-state index contributed by atoms with van der Waals surface area (Å²) in [6.07, 6.45) is 3.64. The lowest BCUT2D eigenvalue weighted by molar-refractivity contribution is -0.0167. The van der Waals surface area contributed by atoms with Gasteiger partial charge in [0.1, 0.15) is 0 Å². The standard InChI is InChI=1S/C11H24N2O/c1-9(2)3-4-10(12)11(14)5-7-13-8-6-11/h9-10,13-14H,3-8,12H2,1-2H3. The molecule has 0 saturated carbocycles. The van der Waals surface area contributed by atoms with Crippen LogP contribution in [0.1, 0.15) is 39.5 Å². The number of hydrogen-bond acceptors (Lipinski definition) is 3. The fourth-order valence-corrected chi connectivity index (χ4v) is 2.01. The molecule has 0 aromatic rings. The summed E-state index contributed by atoms with van der Waals surface area (Å²) in [7, 11) is 0. The number of hydrogen-bond donors (Lipinski definition) is 3. The van der Waals surface area contributed by atoms with Crippen LogP contribution in [-0.2, 0) is 0 Å². The largest absolute Gasteiger partial charge is 0.388 e. The Balaban J connectivity index is 2.36.